The summed E-state index contributed by atoms with van der Waals surface area (Å²) >= 11 is 0. The van der Waals surface area contributed by atoms with E-state index in [-0.39, 0.29) is 41.6 Å². The van der Waals surface area contributed by atoms with Gasteiger partial charge in [0.1, 0.15) is 18.1 Å². The lowest BCUT2D eigenvalue weighted by atomic mass is 9.55. The first-order chi connectivity index (χ1) is 19.1. The number of sulfonamides is 1. The van der Waals surface area contributed by atoms with Crippen LogP contribution in [0.4, 0.5) is 15.8 Å². The van der Waals surface area contributed by atoms with Crippen molar-refractivity contribution in [3.8, 4) is 17.0 Å². The quantitative estimate of drug-likeness (QED) is 0.325. The predicted molar refractivity (Wildman–Crippen MR) is 156 cm³/mol. The van der Waals surface area contributed by atoms with Crippen LogP contribution >= 0.6 is 0 Å². The summed E-state index contributed by atoms with van der Waals surface area (Å²) in [4.78, 5) is 23.9. The van der Waals surface area contributed by atoms with E-state index in [2.05, 4.69) is 20.0 Å². The second-order valence-electron chi connectivity index (χ2n) is 12.0. The van der Waals surface area contributed by atoms with Crippen LogP contribution in [0.5, 0.6) is 5.88 Å². The highest BCUT2D eigenvalue weighted by molar-refractivity contribution is 7.92. The molecule has 1 aromatic carbocycles. The van der Waals surface area contributed by atoms with E-state index >= 15 is 4.39 Å². The summed E-state index contributed by atoms with van der Waals surface area (Å²) in [7, 11) is -1.99. The number of benzene rings is 1. The molecule has 3 heterocycles. The number of pyridine rings is 2. The molecular weight excluding hydrogens is 549 g/mol. The number of aromatic nitrogens is 2. The second kappa shape index (κ2) is 10.2. The third kappa shape index (κ3) is 5.35. The zero-order valence-electron chi connectivity index (χ0n) is 24.1. The number of carbonyl (C=O) groups excluding carboxylic acids is 1. The summed E-state index contributed by atoms with van der Waals surface area (Å²) in [6.07, 6.45) is 4.99. The summed E-state index contributed by atoms with van der Waals surface area (Å²) in [5.74, 6) is -0.623. The first-order valence-electron chi connectivity index (χ1n) is 13.6. The minimum atomic E-state index is -3.69. The zero-order valence-corrected chi connectivity index (χ0v) is 24.9. The molecule has 1 aliphatic heterocycles. The third-order valence-corrected chi connectivity index (χ3v) is 8.62. The van der Waals surface area contributed by atoms with Gasteiger partial charge in [0, 0.05) is 54.0 Å². The van der Waals surface area contributed by atoms with Gasteiger partial charge < -0.3 is 20.1 Å². The van der Waals surface area contributed by atoms with Crippen molar-refractivity contribution >= 4 is 38.2 Å². The molecule has 0 atom stereocenters. The Kier molecular flexibility index (Phi) is 7.24. The van der Waals surface area contributed by atoms with E-state index in [9.17, 15) is 18.3 Å². The Morgan fingerprint density at radius 3 is 2.56 bits per heavy atom. The molecule has 3 N–H and O–H groups in total. The number of rotatable bonds is 9. The van der Waals surface area contributed by atoms with Gasteiger partial charge >= 0.3 is 0 Å². The smallest absolute Gasteiger partial charge is 0.238 e. The Bertz CT molecular complexity index is 1630. The van der Waals surface area contributed by atoms with E-state index in [0.717, 1.165) is 11.8 Å². The number of hydrogen-bond acceptors (Lipinski definition) is 8. The van der Waals surface area contributed by atoms with E-state index in [0.29, 0.717) is 41.5 Å². The van der Waals surface area contributed by atoms with Crippen molar-refractivity contribution in [2.45, 2.75) is 57.6 Å². The van der Waals surface area contributed by atoms with Crippen LogP contribution in [-0.2, 0) is 20.2 Å². The molecule has 1 saturated carbocycles. The number of nitrogens with one attached hydrogen (secondary N) is 2. The van der Waals surface area contributed by atoms with Crippen LogP contribution in [0.15, 0.2) is 30.6 Å². The number of hydrogen-bond donors (Lipinski definition) is 3. The number of anilines is 2. The van der Waals surface area contributed by atoms with Gasteiger partial charge in [-0.05, 0) is 44.7 Å². The lowest BCUT2D eigenvalue weighted by Gasteiger charge is -2.49. The fourth-order valence-electron chi connectivity index (χ4n) is 5.86. The molecule has 1 amide bonds. The minimum absolute atomic E-state index is 0.0639. The summed E-state index contributed by atoms with van der Waals surface area (Å²) in [5.41, 5.74) is 0.672. The van der Waals surface area contributed by atoms with Crippen molar-refractivity contribution in [3.05, 3.63) is 42.0 Å². The molecule has 2 aliphatic rings. The van der Waals surface area contributed by atoms with E-state index in [4.69, 9.17) is 4.74 Å². The first kappa shape index (κ1) is 29.2. The number of aliphatic hydroxyl groups is 1. The van der Waals surface area contributed by atoms with E-state index < -0.39 is 26.9 Å². The van der Waals surface area contributed by atoms with Crippen LogP contribution in [0.1, 0.15) is 46.1 Å². The molecule has 220 valence electrons. The number of halogens is 1. The van der Waals surface area contributed by atoms with Gasteiger partial charge in [-0.1, -0.05) is 13.8 Å². The van der Waals surface area contributed by atoms with Crippen LogP contribution in [0.3, 0.4) is 0 Å². The molecule has 10 nitrogen and oxygen atoms in total. The maximum atomic E-state index is 15.6. The number of amides is 1. The van der Waals surface area contributed by atoms with Gasteiger partial charge in [0.25, 0.3) is 0 Å². The number of ether oxygens (including phenoxy) is 1. The predicted octanol–water partition coefficient (Wildman–Crippen LogP) is 3.58. The fraction of sp³-hybridized carbons (Fsp3) is 0.483. The van der Waals surface area contributed by atoms with Gasteiger partial charge in [0.2, 0.25) is 21.8 Å². The Morgan fingerprint density at radius 1 is 1.22 bits per heavy atom. The van der Waals surface area contributed by atoms with Gasteiger partial charge in [0.05, 0.1) is 34.7 Å². The molecule has 0 saturated heterocycles. The molecule has 12 heteroatoms. The highest BCUT2D eigenvalue weighted by Crippen LogP contribution is 2.59. The van der Waals surface area contributed by atoms with Crippen molar-refractivity contribution in [2.75, 3.05) is 36.1 Å². The summed E-state index contributed by atoms with van der Waals surface area (Å²) in [6, 6.07) is 4.71. The molecular formula is C29H36FN5O5S. The molecule has 2 aromatic heterocycles. The summed E-state index contributed by atoms with van der Waals surface area (Å²) < 4.78 is 47.9. The molecule has 3 aromatic rings. The molecule has 41 heavy (non-hydrogen) atoms. The van der Waals surface area contributed by atoms with Crippen LogP contribution in [0.25, 0.3) is 22.0 Å². The SMILES string of the molecule is CC(C)NCCOc1ncc(-c2cc3c(cc2F)ncc2c3[C@]3(C[C@H](C(C)(C)O)C3)C(=O)N2C)cc1NS(C)(=O)=O. The number of carbonyl (C=O) groups is 1. The van der Waals surface area contributed by atoms with Crippen molar-refractivity contribution in [3.63, 3.8) is 0 Å². The highest BCUT2D eigenvalue weighted by Gasteiger charge is 2.61. The highest BCUT2D eigenvalue weighted by atomic mass is 32.2. The lowest BCUT2D eigenvalue weighted by Crippen LogP contribution is -2.54. The maximum Gasteiger partial charge on any atom is 0.238 e. The molecule has 0 unspecified atom stereocenters. The topological polar surface area (TPSA) is 134 Å². The standard InChI is InChI=1S/C29H36FN5O5S/c1-16(2)31-7-8-40-26-23(34-41(6,38)39)9-17(14-33-26)19-10-20-22(11-21(19)30)32-15-24-25(20)29(27(36)35(24)5)12-18(13-29)28(3,4)37/h9-11,14-16,18,31,34,37H,7-8,12-13H2,1-6H3/t18-,29+. The second-order valence-corrected chi connectivity index (χ2v) is 13.7. The lowest BCUT2D eigenvalue weighted by molar-refractivity contribution is -0.133. The van der Waals surface area contributed by atoms with Gasteiger partial charge in [-0.25, -0.2) is 17.8 Å². The number of nitrogens with zero attached hydrogens (tertiary/aromatic N) is 3. The molecule has 1 spiro atoms. The van der Waals surface area contributed by atoms with Crippen molar-refractivity contribution in [2.24, 2.45) is 5.92 Å². The summed E-state index contributed by atoms with van der Waals surface area (Å²) in [5, 5.41) is 14.4. The Labute approximate surface area is 239 Å². The van der Waals surface area contributed by atoms with Gasteiger partial charge in [0.15, 0.2) is 0 Å². The van der Waals surface area contributed by atoms with Crippen LogP contribution < -0.4 is 19.7 Å². The van der Waals surface area contributed by atoms with Crippen molar-refractivity contribution < 1.29 is 27.4 Å². The molecule has 1 fully saturated rings. The minimum Gasteiger partial charge on any atom is -0.475 e. The zero-order chi connectivity index (χ0) is 29.9. The van der Waals surface area contributed by atoms with Crippen LogP contribution in [0, 0.1) is 11.7 Å². The van der Waals surface area contributed by atoms with Crippen LogP contribution in [0.2, 0.25) is 0 Å². The van der Waals surface area contributed by atoms with E-state index in [1.807, 2.05) is 13.8 Å². The first-order valence-corrected chi connectivity index (χ1v) is 15.5. The van der Waals surface area contributed by atoms with Crippen molar-refractivity contribution in [1.29, 1.82) is 0 Å². The average Bonchev–Trinajstić information content (AvgIpc) is 3.06. The van der Waals surface area contributed by atoms with Gasteiger partial charge in [-0.15, -0.1) is 0 Å². The van der Waals surface area contributed by atoms with Gasteiger partial charge in [-0.2, -0.15) is 0 Å². The number of likely N-dealkylation sites (N-methyl/N-ethyl adjacent to an activating group) is 1. The molecule has 1 aliphatic carbocycles. The molecule has 0 radical (unpaired) electrons. The number of fused-ring (bicyclic) bond motifs is 4. The fourth-order valence-corrected chi connectivity index (χ4v) is 6.41. The Morgan fingerprint density at radius 2 is 1.93 bits per heavy atom. The normalized spacial score (nSPS) is 20.6. The Hall–Kier alpha value is -3.35. The third-order valence-electron chi connectivity index (χ3n) is 8.03. The Balaban J connectivity index is 1.59. The average molecular weight is 586 g/mol. The van der Waals surface area contributed by atoms with Gasteiger partial charge in [-0.3, -0.25) is 14.5 Å². The monoisotopic (exact) mass is 585 g/mol. The largest absolute Gasteiger partial charge is 0.475 e. The summed E-state index contributed by atoms with van der Waals surface area (Å²) in [6.45, 7) is 8.27. The van der Waals surface area contributed by atoms with E-state index in [1.54, 1.807) is 38.1 Å². The van der Waals surface area contributed by atoms with Crippen LogP contribution in [-0.4, -0.2) is 67.5 Å². The molecule has 0 bridgehead atoms. The maximum absolute atomic E-state index is 15.6. The van der Waals surface area contributed by atoms with Crippen molar-refractivity contribution in [1.82, 2.24) is 15.3 Å². The molecule has 5 rings (SSSR count). The van der Waals surface area contributed by atoms with E-state index in [1.165, 1.54) is 18.3 Å².